The number of nitrogens with zero attached hydrogens (tertiary/aromatic N) is 1. The number of urea groups is 1. The van der Waals surface area contributed by atoms with Crippen LogP contribution in [0, 0.1) is 0 Å². The summed E-state index contributed by atoms with van der Waals surface area (Å²) in [5.74, 6) is -0.385. The predicted octanol–water partition coefficient (Wildman–Crippen LogP) is 1.62. The number of para-hydroxylation sites is 1. The highest BCUT2D eigenvalue weighted by Gasteiger charge is 2.29. The van der Waals surface area contributed by atoms with Crippen LogP contribution in [-0.2, 0) is 16.1 Å². The molecule has 7 heteroatoms. The summed E-state index contributed by atoms with van der Waals surface area (Å²) in [5.41, 5.74) is 1.22. The van der Waals surface area contributed by atoms with Crippen LogP contribution in [0.3, 0.4) is 0 Å². The van der Waals surface area contributed by atoms with E-state index in [0.717, 1.165) is 6.42 Å². The van der Waals surface area contributed by atoms with Crippen molar-refractivity contribution in [2.24, 2.45) is 0 Å². The SMILES string of the molecule is CCCC(O)CNC(=O)Nc1ccccc1CN1C(=O)CCC1=O. The number of benzene rings is 1. The van der Waals surface area contributed by atoms with Gasteiger partial charge in [-0.2, -0.15) is 0 Å². The largest absolute Gasteiger partial charge is 0.391 e. The molecule has 1 aliphatic rings. The van der Waals surface area contributed by atoms with Crippen LogP contribution in [0.5, 0.6) is 0 Å². The first-order valence-electron chi connectivity index (χ1n) is 8.15. The molecule has 4 amide bonds. The topological polar surface area (TPSA) is 98.7 Å². The van der Waals surface area contributed by atoms with Crippen LogP contribution in [0.25, 0.3) is 0 Å². The van der Waals surface area contributed by atoms with E-state index in [1.165, 1.54) is 4.90 Å². The minimum absolute atomic E-state index is 0.145. The molecule has 0 radical (unpaired) electrons. The Balaban J connectivity index is 1.97. The van der Waals surface area contributed by atoms with Crippen molar-refractivity contribution < 1.29 is 19.5 Å². The van der Waals surface area contributed by atoms with Crippen LogP contribution >= 0.6 is 0 Å². The number of carbonyl (C=O) groups is 3. The lowest BCUT2D eigenvalue weighted by atomic mass is 10.1. The maximum atomic E-state index is 12.0. The third-order valence-corrected chi connectivity index (χ3v) is 3.87. The van der Waals surface area contributed by atoms with Crippen molar-refractivity contribution in [2.75, 3.05) is 11.9 Å². The number of aliphatic hydroxyl groups excluding tert-OH is 1. The number of likely N-dealkylation sites (tertiary alicyclic amines) is 1. The van der Waals surface area contributed by atoms with E-state index in [2.05, 4.69) is 10.6 Å². The summed E-state index contributed by atoms with van der Waals surface area (Å²) in [6.45, 7) is 2.28. The van der Waals surface area contributed by atoms with Gasteiger partial charge in [0.25, 0.3) is 0 Å². The van der Waals surface area contributed by atoms with E-state index in [-0.39, 0.29) is 37.7 Å². The average Bonchev–Trinajstić information content (AvgIpc) is 2.87. The molecule has 1 unspecified atom stereocenters. The van der Waals surface area contributed by atoms with Gasteiger partial charge < -0.3 is 15.7 Å². The number of anilines is 1. The molecule has 0 aliphatic carbocycles. The zero-order chi connectivity index (χ0) is 17.5. The Morgan fingerprint density at radius 2 is 1.92 bits per heavy atom. The second-order valence-corrected chi connectivity index (χ2v) is 5.81. The van der Waals surface area contributed by atoms with Gasteiger partial charge in [-0.3, -0.25) is 14.5 Å². The molecular formula is C17H23N3O4. The average molecular weight is 333 g/mol. The normalized spacial score (nSPS) is 15.5. The van der Waals surface area contributed by atoms with Crippen molar-refractivity contribution in [2.45, 2.75) is 45.3 Å². The van der Waals surface area contributed by atoms with E-state index in [4.69, 9.17) is 0 Å². The molecule has 130 valence electrons. The first-order valence-corrected chi connectivity index (χ1v) is 8.15. The number of nitrogens with one attached hydrogen (secondary N) is 2. The van der Waals surface area contributed by atoms with Gasteiger partial charge in [-0.1, -0.05) is 31.5 Å². The first-order chi connectivity index (χ1) is 11.5. The molecule has 1 heterocycles. The van der Waals surface area contributed by atoms with Crippen molar-refractivity contribution in [1.29, 1.82) is 0 Å². The molecule has 0 aromatic heterocycles. The van der Waals surface area contributed by atoms with Crippen molar-refractivity contribution in [1.82, 2.24) is 10.2 Å². The zero-order valence-electron chi connectivity index (χ0n) is 13.7. The van der Waals surface area contributed by atoms with E-state index in [0.29, 0.717) is 17.7 Å². The van der Waals surface area contributed by atoms with Crippen LogP contribution in [-0.4, -0.2) is 40.5 Å². The van der Waals surface area contributed by atoms with Gasteiger partial charge in [0.1, 0.15) is 0 Å². The van der Waals surface area contributed by atoms with Crippen molar-refractivity contribution in [3.63, 3.8) is 0 Å². The molecule has 1 aliphatic heterocycles. The second kappa shape index (κ2) is 8.44. The van der Waals surface area contributed by atoms with E-state index >= 15 is 0 Å². The Morgan fingerprint density at radius 3 is 2.58 bits per heavy atom. The third kappa shape index (κ3) is 4.79. The van der Waals surface area contributed by atoms with Gasteiger partial charge in [0.05, 0.1) is 12.6 Å². The second-order valence-electron chi connectivity index (χ2n) is 5.81. The Morgan fingerprint density at radius 1 is 1.25 bits per heavy atom. The minimum Gasteiger partial charge on any atom is -0.391 e. The number of hydrogen-bond donors (Lipinski definition) is 3. The van der Waals surface area contributed by atoms with Gasteiger partial charge in [-0.15, -0.1) is 0 Å². The van der Waals surface area contributed by atoms with Crippen molar-refractivity contribution in [3.8, 4) is 0 Å². The van der Waals surface area contributed by atoms with Crippen molar-refractivity contribution in [3.05, 3.63) is 29.8 Å². The monoisotopic (exact) mass is 333 g/mol. The van der Waals surface area contributed by atoms with Gasteiger partial charge in [0.15, 0.2) is 0 Å². The fourth-order valence-electron chi connectivity index (χ4n) is 2.56. The summed E-state index contributed by atoms with van der Waals surface area (Å²) in [5, 5.41) is 15.0. The van der Waals surface area contributed by atoms with Crippen LogP contribution in [0.4, 0.5) is 10.5 Å². The smallest absolute Gasteiger partial charge is 0.319 e. The highest BCUT2D eigenvalue weighted by molar-refractivity contribution is 6.02. The van der Waals surface area contributed by atoms with Gasteiger partial charge in [-0.25, -0.2) is 4.79 Å². The molecule has 1 aromatic rings. The fourth-order valence-corrected chi connectivity index (χ4v) is 2.56. The lowest BCUT2D eigenvalue weighted by Crippen LogP contribution is -2.35. The Bertz CT molecular complexity index is 602. The Hall–Kier alpha value is -2.41. The lowest BCUT2D eigenvalue weighted by Gasteiger charge is -2.17. The molecule has 24 heavy (non-hydrogen) atoms. The molecule has 7 nitrogen and oxygen atoms in total. The molecule has 1 aromatic carbocycles. The van der Waals surface area contributed by atoms with Gasteiger partial charge in [0, 0.05) is 25.1 Å². The number of amides is 4. The Labute approximate surface area is 141 Å². The minimum atomic E-state index is -0.573. The molecule has 1 atom stereocenters. The zero-order valence-corrected chi connectivity index (χ0v) is 13.7. The summed E-state index contributed by atoms with van der Waals surface area (Å²) >= 11 is 0. The highest BCUT2D eigenvalue weighted by Crippen LogP contribution is 2.21. The highest BCUT2D eigenvalue weighted by atomic mass is 16.3. The lowest BCUT2D eigenvalue weighted by molar-refractivity contribution is -0.139. The maximum Gasteiger partial charge on any atom is 0.319 e. The molecule has 3 N–H and O–H groups in total. The maximum absolute atomic E-state index is 12.0. The number of hydrogen-bond acceptors (Lipinski definition) is 4. The van der Waals surface area contributed by atoms with E-state index in [1.54, 1.807) is 24.3 Å². The number of imide groups is 1. The van der Waals surface area contributed by atoms with E-state index in [1.807, 2.05) is 6.92 Å². The molecule has 2 rings (SSSR count). The van der Waals surface area contributed by atoms with Crippen LogP contribution in [0.15, 0.2) is 24.3 Å². The quantitative estimate of drug-likeness (QED) is 0.660. The molecule has 0 saturated carbocycles. The summed E-state index contributed by atoms with van der Waals surface area (Å²) in [6.07, 6.45) is 1.37. The molecule has 0 bridgehead atoms. The summed E-state index contributed by atoms with van der Waals surface area (Å²) < 4.78 is 0. The molecule has 1 saturated heterocycles. The third-order valence-electron chi connectivity index (χ3n) is 3.87. The summed E-state index contributed by atoms with van der Waals surface area (Å²) in [6, 6.07) is 6.59. The summed E-state index contributed by atoms with van der Waals surface area (Å²) in [7, 11) is 0. The van der Waals surface area contributed by atoms with Crippen molar-refractivity contribution >= 4 is 23.5 Å². The number of aliphatic hydroxyl groups is 1. The Kier molecular flexibility index (Phi) is 6.31. The standard InChI is InChI=1S/C17H23N3O4/c1-2-5-13(21)10-18-17(24)19-14-7-4-3-6-12(14)11-20-15(22)8-9-16(20)23/h3-4,6-7,13,21H,2,5,8-11H2,1H3,(H2,18,19,24). The predicted molar refractivity (Wildman–Crippen MR) is 89.2 cm³/mol. The number of carbonyl (C=O) groups excluding carboxylic acids is 3. The first kappa shape index (κ1) is 17.9. The van der Waals surface area contributed by atoms with Crippen LogP contribution in [0.1, 0.15) is 38.2 Å². The van der Waals surface area contributed by atoms with Gasteiger partial charge >= 0.3 is 6.03 Å². The van der Waals surface area contributed by atoms with Gasteiger partial charge in [-0.05, 0) is 18.1 Å². The molecule has 1 fully saturated rings. The van der Waals surface area contributed by atoms with Crippen LogP contribution in [0.2, 0.25) is 0 Å². The van der Waals surface area contributed by atoms with E-state index in [9.17, 15) is 19.5 Å². The fraction of sp³-hybridized carbons (Fsp3) is 0.471. The van der Waals surface area contributed by atoms with Crippen LogP contribution < -0.4 is 10.6 Å². The summed E-state index contributed by atoms with van der Waals surface area (Å²) in [4.78, 5) is 36.6. The molecular weight excluding hydrogens is 310 g/mol. The van der Waals surface area contributed by atoms with E-state index < -0.39 is 12.1 Å². The number of rotatable bonds is 7. The van der Waals surface area contributed by atoms with Gasteiger partial charge in [0.2, 0.25) is 11.8 Å². The molecule has 0 spiro atoms.